The average molecular weight is 365 g/mol. The molecule has 0 saturated heterocycles. The normalized spacial score (nSPS) is 11.1. The highest BCUT2D eigenvalue weighted by atomic mass is 16.5. The number of methoxy groups -OCH3 is 1. The van der Waals surface area contributed by atoms with Crippen molar-refractivity contribution >= 4 is 22.6 Å². The van der Waals surface area contributed by atoms with Gasteiger partial charge in [-0.05, 0) is 41.3 Å². The molecule has 5 nitrogen and oxygen atoms in total. The van der Waals surface area contributed by atoms with Gasteiger partial charge in [-0.3, -0.25) is 0 Å². The van der Waals surface area contributed by atoms with Crippen LogP contribution in [0.2, 0.25) is 0 Å². The van der Waals surface area contributed by atoms with Crippen LogP contribution in [0.3, 0.4) is 0 Å². The van der Waals surface area contributed by atoms with E-state index >= 15 is 0 Å². The van der Waals surface area contributed by atoms with Gasteiger partial charge in [0.05, 0.1) is 6.61 Å². The van der Waals surface area contributed by atoms with E-state index in [0.717, 1.165) is 28.7 Å². The van der Waals surface area contributed by atoms with Crippen molar-refractivity contribution < 1.29 is 9.53 Å². The predicted molar refractivity (Wildman–Crippen MR) is 110 cm³/mol. The molecule has 2 amide bonds. The van der Waals surface area contributed by atoms with Crippen molar-refractivity contribution in [3.8, 4) is 0 Å². The zero-order valence-corrected chi connectivity index (χ0v) is 16.2. The van der Waals surface area contributed by atoms with Crippen LogP contribution in [-0.2, 0) is 24.4 Å². The van der Waals surface area contributed by atoms with Crippen molar-refractivity contribution in [2.45, 2.75) is 33.5 Å². The summed E-state index contributed by atoms with van der Waals surface area (Å²) in [6, 6.07) is 15.8. The largest absolute Gasteiger partial charge is 0.380 e. The Labute approximate surface area is 160 Å². The second kappa shape index (κ2) is 8.73. The Bertz CT molecular complexity index is 915. The summed E-state index contributed by atoms with van der Waals surface area (Å²) >= 11 is 0. The Hall–Kier alpha value is -2.79. The first-order valence-corrected chi connectivity index (χ1v) is 9.26. The number of carbonyl (C=O) groups excluding carboxylic acids is 1. The van der Waals surface area contributed by atoms with Crippen molar-refractivity contribution in [3.05, 3.63) is 65.9 Å². The summed E-state index contributed by atoms with van der Waals surface area (Å²) in [6.07, 6.45) is 2.10. The Morgan fingerprint density at radius 2 is 1.89 bits per heavy atom. The first-order chi connectivity index (χ1) is 13.1. The average Bonchev–Trinajstić information content (AvgIpc) is 3.03. The zero-order valence-electron chi connectivity index (χ0n) is 16.2. The molecule has 2 aromatic carbocycles. The molecule has 142 valence electrons. The van der Waals surface area contributed by atoms with Gasteiger partial charge in [-0.1, -0.05) is 38.1 Å². The minimum absolute atomic E-state index is 0.219. The summed E-state index contributed by atoms with van der Waals surface area (Å²) in [5.74, 6) is 0.588. The van der Waals surface area contributed by atoms with Gasteiger partial charge in [-0.2, -0.15) is 0 Å². The Kier molecular flexibility index (Phi) is 6.14. The maximum absolute atomic E-state index is 12.3. The fourth-order valence-corrected chi connectivity index (χ4v) is 3.21. The third kappa shape index (κ3) is 4.89. The lowest BCUT2D eigenvalue weighted by Gasteiger charge is -2.12. The standard InChI is InChI=1S/C22H27N3O2/c1-16(2)14-25-11-10-17-12-20(8-9-21(17)25)24-22(26)23-13-18-6-4-5-7-19(18)15-27-3/h4-12,16H,13-15H2,1-3H3,(H2,23,24,26). The number of ether oxygens (including phenoxy) is 1. The van der Waals surface area contributed by atoms with Gasteiger partial charge in [0.1, 0.15) is 0 Å². The van der Waals surface area contributed by atoms with Crippen LogP contribution in [0.15, 0.2) is 54.7 Å². The molecule has 1 aromatic heterocycles. The molecule has 0 aliphatic heterocycles. The summed E-state index contributed by atoms with van der Waals surface area (Å²) in [7, 11) is 1.67. The van der Waals surface area contributed by atoms with Crippen LogP contribution in [0.1, 0.15) is 25.0 Å². The van der Waals surface area contributed by atoms with Crippen molar-refractivity contribution in [1.82, 2.24) is 9.88 Å². The third-order valence-corrected chi connectivity index (χ3v) is 4.45. The summed E-state index contributed by atoms with van der Waals surface area (Å²) in [6.45, 7) is 6.38. The van der Waals surface area contributed by atoms with E-state index in [-0.39, 0.29) is 6.03 Å². The maximum Gasteiger partial charge on any atom is 0.319 e. The fraction of sp³-hybridized carbons (Fsp3) is 0.318. The van der Waals surface area contributed by atoms with Gasteiger partial charge < -0.3 is 19.9 Å². The highest BCUT2D eigenvalue weighted by Gasteiger charge is 2.07. The van der Waals surface area contributed by atoms with Gasteiger partial charge in [0.25, 0.3) is 0 Å². The van der Waals surface area contributed by atoms with Crippen LogP contribution in [-0.4, -0.2) is 17.7 Å². The van der Waals surface area contributed by atoms with E-state index in [4.69, 9.17) is 4.74 Å². The topological polar surface area (TPSA) is 55.3 Å². The quantitative estimate of drug-likeness (QED) is 0.634. The maximum atomic E-state index is 12.3. The second-order valence-electron chi connectivity index (χ2n) is 7.14. The number of nitrogens with zero attached hydrogens (tertiary/aromatic N) is 1. The van der Waals surface area contributed by atoms with Gasteiger partial charge >= 0.3 is 6.03 Å². The number of rotatable bonds is 7. The molecule has 27 heavy (non-hydrogen) atoms. The molecule has 2 N–H and O–H groups in total. The molecule has 5 heteroatoms. The summed E-state index contributed by atoms with van der Waals surface area (Å²) in [4.78, 5) is 12.3. The Morgan fingerprint density at radius 3 is 2.63 bits per heavy atom. The van der Waals surface area contributed by atoms with E-state index in [1.165, 1.54) is 5.52 Å². The van der Waals surface area contributed by atoms with Crippen molar-refractivity contribution in [1.29, 1.82) is 0 Å². The number of amides is 2. The van der Waals surface area contributed by atoms with Gasteiger partial charge in [0.2, 0.25) is 0 Å². The highest BCUT2D eigenvalue weighted by Crippen LogP contribution is 2.21. The van der Waals surface area contributed by atoms with Crippen LogP contribution >= 0.6 is 0 Å². The SMILES string of the molecule is COCc1ccccc1CNC(=O)Nc1ccc2c(ccn2CC(C)C)c1. The first kappa shape index (κ1) is 19.0. The Morgan fingerprint density at radius 1 is 1.11 bits per heavy atom. The smallest absolute Gasteiger partial charge is 0.319 e. The fourth-order valence-electron chi connectivity index (χ4n) is 3.21. The molecule has 0 saturated carbocycles. The minimum Gasteiger partial charge on any atom is -0.380 e. The molecule has 0 aliphatic carbocycles. The van der Waals surface area contributed by atoms with E-state index in [1.807, 2.05) is 36.4 Å². The molecule has 0 atom stereocenters. The molecular formula is C22H27N3O2. The number of aromatic nitrogens is 1. The molecule has 0 unspecified atom stereocenters. The number of carbonyl (C=O) groups is 1. The minimum atomic E-state index is -0.219. The van der Waals surface area contributed by atoms with Gasteiger partial charge in [0.15, 0.2) is 0 Å². The number of urea groups is 1. The summed E-state index contributed by atoms with van der Waals surface area (Å²) in [5, 5.41) is 6.95. The highest BCUT2D eigenvalue weighted by molar-refractivity contribution is 5.92. The second-order valence-corrected chi connectivity index (χ2v) is 7.14. The van der Waals surface area contributed by atoms with Gasteiger partial charge in [0, 0.05) is 43.0 Å². The van der Waals surface area contributed by atoms with Gasteiger partial charge in [-0.25, -0.2) is 4.79 Å². The molecule has 3 aromatic rings. The number of benzene rings is 2. The van der Waals surface area contributed by atoms with Crippen molar-refractivity contribution in [2.24, 2.45) is 5.92 Å². The monoisotopic (exact) mass is 365 g/mol. The molecule has 0 aliphatic rings. The Balaban J connectivity index is 1.63. The number of anilines is 1. The zero-order chi connectivity index (χ0) is 19.2. The van der Waals surface area contributed by atoms with Crippen molar-refractivity contribution in [3.63, 3.8) is 0 Å². The predicted octanol–water partition coefficient (Wildman–Crippen LogP) is 4.77. The molecule has 0 fully saturated rings. The molecule has 1 heterocycles. The van der Waals surface area contributed by atoms with Crippen LogP contribution in [0.5, 0.6) is 0 Å². The lowest BCUT2D eigenvalue weighted by Crippen LogP contribution is -2.28. The van der Waals surface area contributed by atoms with Crippen LogP contribution < -0.4 is 10.6 Å². The van der Waals surface area contributed by atoms with E-state index in [2.05, 4.69) is 47.4 Å². The summed E-state index contributed by atoms with van der Waals surface area (Å²) < 4.78 is 7.45. The number of nitrogens with one attached hydrogen (secondary N) is 2. The lowest BCUT2D eigenvalue weighted by molar-refractivity contribution is 0.184. The first-order valence-electron chi connectivity index (χ1n) is 9.26. The van der Waals surface area contributed by atoms with E-state index in [0.29, 0.717) is 19.1 Å². The van der Waals surface area contributed by atoms with Crippen LogP contribution in [0.4, 0.5) is 10.5 Å². The molecule has 0 bridgehead atoms. The molecule has 3 rings (SSSR count). The van der Waals surface area contributed by atoms with Crippen LogP contribution in [0, 0.1) is 5.92 Å². The van der Waals surface area contributed by atoms with E-state index in [9.17, 15) is 4.79 Å². The number of hydrogen-bond donors (Lipinski definition) is 2. The molecule has 0 radical (unpaired) electrons. The number of hydrogen-bond acceptors (Lipinski definition) is 2. The summed E-state index contributed by atoms with van der Waals surface area (Å²) in [5.41, 5.74) is 4.10. The van der Waals surface area contributed by atoms with Crippen molar-refractivity contribution in [2.75, 3.05) is 12.4 Å². The number of fused-ring (bicyclic) bond motifs is 1. The molecular weight excluding hydrogens is 338 g/mol. The van der Waals surface area contributed by atoms with E-state index in [1.54, 1.807) is 7.11 Å². The van der Waals surface area contributed by atoms with Crippen LogP contribution in [0.25, 0.3) is 10.9 Å². The van der Waals surface area contributed by atoms with Gasteiger partial charge in [-0.15, -0.1) is 0 Å². The van der Waals surface area contributed by atoms with E-state index < -0.39 is 0 Å². The lowest BCUT2D eigenvalue weighted by atomic mass is 10.1. The third-order valence-electron chi connectivity index (χ3n) is 4.45. The molecule has 0 spiro atoms.